The number of nitrogens with one attached hydrogen (secondary N) is 1. The van der Waals surface area contributed by atoms with Crippen molar-refractivity contribution in [1.82, 2.24) is 10.2 Å². The van der Waals surface area contributed by atoms with Gasteiger partial charge in [0.05, 0.1) is 18.7 Å². The summed E-state index contributed by atoms with van der Waals surface area (Å²) in [5, 5.41) is 12.4. The minimum atomic E-state index is -0.950. The van der Waals surface area contributed by atoms with Crippen molar-refractivity contribution in [3.63, 3.8) is 0 Å². The minimum Gasteiger partial charge on any atom is -0.489 e. The summed E-state index contributed by atoms with van der Waals surface area (Å²) in [4.78, 5) is 13.3. The molecule has 22 heavy (non-hydrogen) atoms. The molecule has 0 aliphatic heterocycles. The summed E-state index contributed by atoms with van der Waals surface area (Å²) in [6, 6.07) is 5.62. The van der Waals surface area contributed by atoms with Gasteiger partial charge in [0.2, 0.25) is 0 Å². The summed E-state index contributed by atoms with van der Waals surface area (Å²) in [5.41, 5.74) is -0.950. The van der Waals surface area contributed by atoms with E-state index in [9.17, 15) is 14.3 Å². The van der Waals surface area contributed by atoms with Gasteiger partial charge in [0.25, 0.3) is 0 Å². The van der Waals surface area contributed by atoms with Gasteiger partial charge in [-0.2, -0.15) is 0 Å². The van der Waals surface area contributed by atoms with Crippen molar-refractivity contribution in [2.75, 3.05) is 20.1 Å². The summed E-state index contributed by atoms with van der Waals surface area (Å²) in [7, 11) is 1.61. The largest absolute Gasteiger partial charge is 0.489 e. The molecule has 0 heterocycles. The smallest absolute Gasteiger partial charge is 0.317 e. The molecule has 2 N–H and O–H groups in total. The molecule has 0 fully saturated rings. The molecule has 0 bridgehead atoms. The van der Waals surface area contributed by atoms with Crippen LogP contribution < -0.4 is 10.1 Å². The van der Waals surface area contributed by atoms with E-state index in [0.29, 0.717) is 18.7 Å². The van der Waals surface area contributed by atoms with Crippen LogP contribution >= 0.6 is 0 Å². The van der Waals surface area contributed by atoms with Crippen LogP contribution in [0.5, 0.6) is 5.75 Å². The highest BCUT2D eigenvalue weighted by Gasteiger charge is 2.20. The zero-order chi connectivity index (χ0) is 16.8. The van der Waals surface area contributed by atoms with Crippen LogP contribution in [0.25, 0.3) is 0 Å². The van der Waals surface area contributed by atoms with Crippen LogP contribution in [0.4, 0.5) is 9.18 Å². The Balaban J connectivity index is 2.48. The van der Waals surface area contributed by atoms with Gasteiger partial charge in [-0.25, -0.2) is 9.18 Å². The molecule has 124 valence electrons. The Bertz CT molecular complexity index is 489. The number of likely N-dealkylation sites (N-methyl/N-ethyl adjacent to an activating group) is 1. The number of hydrogen-bond donors (Lipinski definition) is 2. The molecule has 2 amide bonds. The molecule has 0 saturated carbocycles. The summed E-state index contributed by atoms with van der Waals surface area (Å²) in [5.74, 6) is 0.0762. The Morgan fingerprint density at radius 2 is 2.18 bits per heavy atom. The van der Waals surface area contributed by atoms with E-state index in [4.69, 9.17) is 4.74 Å². The van der Waals surface area contributed by atoms with E-state index in [1.54, 1.807) is 33.0 Å². The van der Waals surface area contributed by atoms with Crippen LogP contribution in [0.15, 0.2) is 24.3 Å². The Morgan fingerprint density at radius 3 is 2.73 bits per heavy atom. The molecular formula is C16H25FN2O3. The molecule has 0 radical (unpaired) electrons. The average Bonchev–Trinajstić information content (AvgIpc) is 2.41. The lowest BCUT2D eigenvalue weighted by Crippen LogP contribution is -2.46. The zero-order valence-corrected chi connectivity index (χ0v) is 13.6. The number of benzene rings is 1. The van der Waals surface area contributed by atoms with Crippen LogP contribution in [-0.2, 0) is 0 Å². The molecule has 0 aliphatic rings. The van der Waals surface area contributed by atoms with E-state index in [1.165, 1.54) is 17.0 Å². The third kappa shape index (κ3) is 6.76. The number of urea groups is 1. The minimum absolute atomic E-state index is 0.223. The van der Waals surface area contributed by atoms with Crippen molar-refractivity contribution in [2.45, 2.75) is 38.9 Å². The van der Waals surface area contributed by atoms with E-state index in [1.807, 2.05) is 6.92 Å². The molecule has 6 heteroatoms. The van der Waals surface area contributed by atoms with E-state index in [2.05, 4.69) is 5.32 Å². The predicted octanol–water partition coefficient (Wildman–Crippen LogP) is 2.40. The lowest BCUT2D eigenvalue weighted by atomic mass is 10.1. The molecule has 1 unspecified atom stereocenters. The molecule has 0 saturated heterocycles. The Hall–Kier alpha value is -1.82. The van der Waals surface area contributed by atoms with Gasteiger partial charge >= 0.3 is 6.03 Å². The third-order valence-corrected chi connectivity index (χ3v) is 3.01. The molecule has 1 aromatic carbocycles. The number of carbonyl (C=O) groups is 1. The topological polar surface area (TPSA) is 61.8 Å². The van der Waals surface area contributed by atoms with Crippen molar-refractivity contribution < 1.29 is 19.0 Å². The van der Waals surface area contributed by atoms with Gasteiger partial charge in [0, 0.05) is 13.1 Å². The average molecular weight is 312 g/mol. The lowest BCUT2D eigenvalue weighted by Gasteiger charge is -2.26. The first kappa shape index (κ1) is 18.2. The highest BCUT2D eigenvalue weighted by molar-refractivity contribution is 5.73. The van der Waals surface area contributed by atoms with Crippen LogP contribution in [0.3, 0.4) is 0 Å². The maximum absolute atomic E-state index is 13.1. The fourth-order valence-electron chi connectivity index (χ4n) is 1.99. The summed E-state index contributed by atoms with van der Waals surface area (Å²) >= 11 is 0. The second-order valence-corrected chi connectivity index (χ2v) is 5.96. The fraction of sp³-hybridized carbons (Fsp3) is 0.562. The SMILES string of the molecule is CCC(CNC(=O)N(C)CC(C)(C)O)Oc1cccc(F)c1. The highest BCUT2D eigenvalue weighted by Crippen LogP contribution is 2.14. The molecule has 1 atom stereocenters. The van der Waals surface area contributed by atoms with Crippen molar-refractivity contribution in [3.8, 4) is 5.75 Å². The number of amides is 2. The van der Waals surface area contributed by atoms with Crippen LogP contribution in [0.1, 0.15) is 27.2 Å². The number of halogens is 1. The Kier molecular flexibility index (Phi) is 6.61. The fourth-order valence-corrected chi connectivity index (χ4v) is 1.99. The van der Waals surface area contributed by atoms with Gasteiger partial charge in [0.1, 0.15) is 17.7 Å². The lowest BCUT2D eigenvalue weighted by molar-refractivity contribution is 0.0527. The number of nitrogens with zero attached hydrogens (tertiary/aromatic N) is 1. The van der Waals surface area contributed by atoms with E-state index in [-0.39, 0.29) is 24.5 Å². The number of rotatable bonds is 7. The van der Waals surface area contributed by atoms with Crippen LogP contribution in [-0.4, -0.2) is 47.9 Å². The van der Waals surface area contributed by atoms with Crippen molar-refractivity contribution >= 4 is 6.03 Å². The van der Waals surface area contributed by atoms with E-state index < -0.39 is 5.60 Å². The summed E-state index contributed by atoms with van der Waals surface area (Å²) in [6.07, 6.45) is 0.424. The normalized spacial score (nSPS) is 12.6. The van der Waals surface area contributed by atoms with E-state index >= 15 is 0 Å². The first-order valence-electron chi connectivity index (χ1n) is 7.35. The molecule has 1 aromatic rings. The standard InChI is InChI=1S/C16H25FN2O3/c1-5-13(22-14-8-6-7-12(17)9-14)10-18-15(20)19(4)11-16(2,3)21/h6-9,13,21H,5,10-11H2,1-4H3,(H,18,20). The van der Waals surface area contributed by atoms with Gasteiger partial charge in [-0.1, -0.05) is 13.0 Å². The summed E-state index contributed by atoms with van der Waals surface area (Å²) < 4.78 is 18.8. The number of carbonyl (C=O) groups excluding carboxylic acids is 1. The molecular weight excluding hydrogens is 287 g/mol. The molecule has 0 spiro atoms. The maximum atomic E-state index is 13.1. The summed E-state index contributed by atoms with van der Waals surface area (Å²) in [6.45, 7) is 5.73. The third-order valence-electron chi connectivity index (χ3n) is 3.01. The Morgan fingerprint density at radius 1 is 1.50 bits per heavy atom. The molecule has 5 nitrogen and oxygen atoms in total. The van der Waals surface area contributed by atoms with Crippen LogP contribution in [0, 0.1) is 5.82 Å². The van der Waals surface area contributed by atoms with Gasteiger partial charge in [0.15, 0.2) is 0 Å². The number of hydrogen-bond acceptors (Lipinski definition) is 3. The molecule has 0 aliphatic carbocycles. The Labute approximate surface area is 131 Å². The van der Waals surface area contributed by atoms with Crippen molar-refractivity contribution in [2.24, 2.45) is 0 Å². The van der Waals surface area contributed by atoms with Gasteiger partial charge in [-0.15, -0.1) is 0 Å². The maximum Gasteiger partial charge on any atom is 0.317 e. The first-order chi connectivity index (χ1) is 10.2. The number of ether oxygens (including phenoxy) is 1. The second kappa shape index (κ2) is 7.98. The van der Waals surface area contributed by atoms with Gasteiger partial charge in [-0.3, -0.25) is 0 Å². The first-order valence-corrected chi connectivity index (χ1v) is 7.35. The van der Waals surface area contributed by atoms with Crippen LogP contribution in [0.2, 0.25) is 0 Å². The number of aliphatic hydroxyl groups is 1. The predicted molar refractivity (Wildman–Crippen MR) is 83.4 cm³/mol. The quantitative estimate of drug-likeness (QED) is 0.812. The van der Waals surface area contributed by atoms with Gasteiger partial charge < -0.3 is 20.1 Å². The van der Waals surface area contributed by atoms with Crippen molar-refractivity contribution in [1.29, 1.82) is 0 Å². The van der Waals surface area contributed by atoms with Crippen molar-refractivity contribution in [3.05, 3.63) is 30.1 Å². The van der Waals surface area contributed by atoms with E-state index in [0.717, 1.165) is 0 Å². The van der Waals surface area contributed by atoms with Gasteiger partial charge in [-0.05, 0) is 32.4 Å². The zero-order valence-electron chi connectivity index (χ0n) is 13.6. The molecule has 0 aromatic heterocycles. The molecule has 1 rings (SSSR count). The monoisotopic (exact) mass is 312 g/mol. The highest BCUT2D eigenvalue weighted by atomic mass is 19.1. The second-order valence-electron chi connectivity index (χ2n) is 5.96.